The molecule has 1 unspecified atom stereocenters. The standard InChI is InChI=1S/C12H17F3N4S/c1-3-16-9-6-10(18-11(17-9)12(13,14)15)19(2)8-4-5-20-7-8/h6,8H,3-5,7H2,1-2H3,(H,16,17,18). The first-order valence-electron chi connectivity index (χ1n) is 6.42. The molecule has 20 heavy (non-hydrogen) atoms. The summed E-state index contributed by atoms with van der Waals surface area (Å²) in [6.45, 7) is 2.32. The molecule has 0 radical (unpaired) electrons. The van der Waals surface area contributed by atoms with Crippen LogP contribution in [-0.2, 0) is 6.18 Å². The molecule has 1 aromatic rings. The Morgan fingerprint density at radius 3 is 2.75 bits per heavy atom. The van der Waals surface area contributed by atoms with Crippen molar-refractivity contribution in [2.45, 2.75) is 25.6 Å². The van der Waals surface area contributed by atoms with Gasteiger partial charge in [-0.1, -0.05) is 0 Å². The molecule has 1 fully saturated rings. The number of nitrogens with zero attached hydrogens (tertiary/aromatic N) is 3. The predicted octanol–water partition coefficient (Wildman–Crippen LogP) is 2.87. The van der Waals surface area contributed by atoms with Crippen LogP contribution in [0.1, 0.15) is 19.2 Å². The molecule has 4 nitrogen and oxygen atoms in total. The predicted molar refractivity (Wildman–Crippen MR) is 75.3 cm³/mol. The van der Waals surface area contributed by atoms with Gasteiger partial charge in [-0.3, -0.25) is 0 Å². The van der Waals surface area contributed by atoms with Crippen molar-refractivity contribution in [1.29, 1.82) is 0 Å². The van der Waals surface area contributed by atoms with Crippen molar-refractivity contribution in [3.05, 3.63) is 11.9 Å². The Morgan fingerprint density at radius 1 is 1.45 bits per heavy atom. The van der Waals surface area contributed by atoms with Crippen molar-refractivity contribution >= 4 is 23.4 Å². The second-order valence-electron chi connectivity index (χ2n) is 4.59. The van der Waals surface area contributed by atoms with Gasteiger partial charge in [-0.2, -0.15) is 24.9 Å². The van der Waals surface area contributed by atoms with Gasteiger partial charge in [-0.25, -0.2) is 9.97 Å². The van der Waals surface area contributed by atoms with E-state index in [0.29, 0.717) is 12.4 Å². The topological polar surface area (TPSA) is 41.0 Å². The summed E-state index contributed by atoms with van der Waals surface area (Å²) >= 11 is 1.81. The molecule has 2 rings (SSSR count). The van der Waals surface area contributed by atoms with Crippen molar-refractivity contribution in [3.8, 4) is 0 Å². The van der Waals surface area contributed by atoms with Gasteiger partial charge in [0.1, 0.15) is 11.6 Å². The van der Waals surface area contributed by atoms with Gasteiger partial charge in [0.15, 0.2) is 0 Å². The molecule has 0 spiro atoms. The Kier molecular flexibility index (Phi) is 4.62. The van der Waals surface area contributed by atoms with Crippen LogP contribution in [0.15, 0.2) is 6.07 Å². The molecule has 0 aliphatic carbocycles. The van der Waals surface area contributed by atoms with Gasteiger partial charge in [0.2, 0.25) is 5.82 Å². The van der Waals surface area contributed by atoms with E-state index in [1.165, 1.54) is 0 Å². The van der Waals surface area contributed by atoms with Crippen LogP contribution in [0.25, 0.3) is 0 Å². The summed E-state index contributed by atoms with van der Waals surface area (Å²) in [7, 11) is 1.79. The minimum Gasteiger partial charge on any atom is -0.370 e. The highest BCUT2D eigenvalue weighted by Gasteiger charge is 2.36. The molecule has 112 valence electrons. The minimum atomic E-state index is -4.54. The van der Waals surface area contributed by atoms with Crippen molar-refractivity contribution in [2.75, 3.05) is 35.3 Å². The quantitative estimate of drug-likeness (QED) is 0.926. The lowest BCUT2D eigenvalue weighted by atomic mass is 10.2. The summed E-state index contributed by atoms with van der Waals surface area (Å²) in [5.41, 5.74) is 0. The van der Waals surface area contributed by atoms with E-state index in [1.807, 2.05) is 11.8 Å². The van der Waals surface area contributed by atoms with Gasteiger partial charge < -0.3 is 10.2 Å². The summed E-state index contributed by atoms with van der Waals surface area (Å²) < 4.78 is 38.6. The van der Waals surface area contributed by atoms with E-state index in [0.717, 1.165) is 17.9 Å². The molecule has 1 aliphatic heterocycles. The van der Waals surface area contributed by atoms with Crippen LogP contribution in [0.2, 0.25) is 0 Å². The summed E-state index contributed by atoms with van der Waals surface area (Å²) in [4.78, 5) is 9.01. The van der Waals surface area contributed by atoms with Crippen LogP contribution in [0.3, 0.4) is 0 Å². The number of anilines is 2. The maximum atomic E-state index is 12.9. The second kappa shape index (κ2) is 6.07. The SMILES string of the molecule is CCNc1cc(N(C)C2CCSC2)nc(C(F)(F)F)n1. The van der Waals surface area contributed by atoms with Crippen LogP contribution in [0.4, 0.5) is 24.8 Å². The lowest BCUT2D eigenvalue weighted by Gasteiger charge is -2.25. The number of thioether (sulfide) groups is 1. The molecule has 1 aliphatic rings. The van der Waals surface area contributed by atoms with Crippen LogP contribution >= 0.6 is 11.8 Å². The number of halogens is 3. The minimum absolute atomic E-state index is 0.210. The Morgan fingerprint density at radius 2 is 2.20 bits per heavy atom. The molecule has 8 heteroatoms. The first-order chi connectivity index (χ1) is 9.41. The maximum Gasteiger partial charge on any atom is 0.451 e. The van der Waals surface area contributed by atoms with Crippen molar-refractivity contribution in [1.82, 2.24) is 9.97 Å². The van der Waals surface area contributed by atoms with E-state index < -0.39 is 12.0 Å². The number of hydrogen-bond acceptors (Lipinski definition) is 5. The average molecular weight is 306 g/mol. The lowest BCUT2D eigenvalue weighted by molar-refractivity contribution is -0.144. The van der Waals surface area contributed by atoms with Gasteiger partial charge in [0.25, 0.3) is 0 Å². The fraction of sp³-hybridized carbons (Fsp3) is 0.667. The first-order valence-corrected chi connectivity index (χ1v) is 7.58. The van der Waals surface area contributed by atoms with Gasteiger partial charge in [-0.05, 0) is 19.1 Å². The average Bonchev–Trinajstić information content (AvgIpc) is 2.90. The second-order valence-corrected chi connectivity index (χ2v) is 5.74. The fourth-order valence-electron chi connectivity index (χ4n) is 2.03. The van der Waals surface area contributed by atoms with Crippen molar-refractivity contribution in [3.63, 3.8) is 0 Å². The Balaban J connectivity index is 2.32. The molecule has 1 atom stereocenters. The van der Waals surface area contributed by atoms with Gasteiger partial charge in [-0.15, -0.1) is 0 Å². The molecular weight excluding hydrogens is 289 g/mol. The number of rotatable bonds is 4. The highest BCUT2D eigenvalue weighted by Crippen LogP contribution is 2.31. The summed E-state index contributed by atoms with van der Waals surface area (Å²) in [5, 5.41) is 2.82. The first kappa shape index (κ1) is 15.2. The van der Waals surface area contributed by atoms with E-state index in [-0.39, 0.29) is 11.9 Å². The molecule has 1 saturated heterocycles. The van der Waals surface area contributed by atoms with Gasteiger partial charge >= 0.3 is 6.18 Å². The zero-order valence-corrected chi connectivity index (χ0v) is 12.2. The Hall–Kier alpha value is -1.18. The van der Waals surface area contributed by atoms with E-state index >= 15 is 0 Å². The molecule has 0 amide bonds. The molecule has 0 saturated carbocycles. The number of hydrogen-bond donors (Lipinski definition) is 1. The van der Waals surface area contributed by atoms with Crippen molar-refractivity contribution < 1.29 is 13.2 Å². The monoisotopic (exact) mass is 306 g/mol. The molecule has 0 aromatic carbocycles. The van der Waals surface area contributed by atoms with E-state index in [1.54, 1.807) is 24.9 Å². The third kappa shape index (κ3) is 3.47. The lowest BCUT2D eigenvalue weighted by Crippen LogP contribution is -2.32. The van der Waals surface area contributed by atoms with Gasteiger partial charge in [0, 0.05) is 31.5 Å². The van der Waals surface area contributed by atoms with Crippen molar-refractivity contribution in [2.24, 2.45) is 0 Å². The molecule has 0 bridgehead atoms. The largest absolute Gasteiger partial charge is 0.451 e. The molecule has 1 aromatic heterocycles. The van der Waals surface area contributed by atoms with E-state index in [9.17, 15) is 13.2 Å². The normalized spacial score (nSPS) is 19.1. The zero-order valence-electron chi connectivity index (χ0n) is 11.4. The zero-order chi connectivity index (χ0) is 14.8. The van der Waals surface area contributed by atoms with Gasteiger partial charge in [0.05, 0.1) is 0 Å². The van der Waals surface area contributed by atoms with Crippen LogP contribution in [0.5, 0.6) is 0 Å². The summed E-state index contributed by atoms with van der Waals surface area (Å²) in [6, 6.07) is 1.80. The molecule has 1 N–H and O–H groups in total. The highest BCUT2D eigenvalue weighted by molar-refractivity contribution is 7.99. The smallest absolute Gasteiger partial charge is 0.370 e. The van der Waals surface area contributed by atoms with Crippen LogP contribution in [-0.4, -0.2) is 41.1 Å². The molecule has 2 heterocycles. The molecular formula is C12H17F3N4S. The number of nitrogens with one attached hydrogen (secondary N) is 1. The highest BCUT2D eigenvalue weighted by atomic mass is 32.2. The van der Waals surface area contributed by atoms with Crippen LogP contribution in [0, 0.1) is 0 Å². The van der Waals surface area contributed by atoms with E-state index in [4.69, 9.17) is 0 Å². The fourth-order valence-corrected chi connectivity index (χ4v) is 3.30. The third-order valence-electron chi connectivity index (χ3n) is 3.14. The van der Waals surface area contributed by atoms with E-state index in [2.05, 4.69) is 15.3 Å². The maximum absolute atomic E-state index is 12.9. The Bertz CT molecular complexity index is 461. The third-order valence-corrected chi connectivity index (χ3v) is 4.28. The van der Waals surface area contributed by atoms with Crippen LogP contribution < -0.4 is 10.2 Å². The summed E-state index contributed by atoms with van der Waals surface area (Å²) in [6.07, 6.45) is -3.57. The summed E-state index contributed by atoms with van der Waals surface area (Å²) in [5.74, 6) is 1.38. The number of aromatic nitrogens is 2. The Labute approximate surface area is 120 Å². The number of alkyl halides is 3.